The number of esters is 1. The molecule has 0 radical (unpaired) electrons. The predicted molar refractivity (Wildman–Crippen MR) is 56.4 cm³/mol. The molecule has 0 bridgehead atoms. The lowest BCUT2D eigenvalue weighted by atomic mass is 9.97. The number of ether oxygens (including phenoxy) is 1. The van der Waals surface area contributed by atoms with Crippen molar-refractivity contribution in [2.24, 2.45) is 0 Å². The molecular weight excluding hydrogens is 198 g/mol. The topological polar surface area (TPSA) is 78.8 Å². The van der Waals surface area contributed by atoms with Crippen LogP contribution in [-0.2, 0) is 9.53 Å². The monoisotopic (exact) mass is 219 g/mol. The third-order valence-corrected chi connectivity index (χ3v) is 2.56. The summed E-state index contributed by atoms with van der Waals surface area (Å²) in [5, 5.41) is 22.0. The minimum atomic E-state index is -1.58. The van der Waals surface area contributed by atoms with E-state index >= 15 is 0 Å². The molecule has 3 N–H and O–H groups in total. The van der Waals surface area contributed by atoms with E-state index in [-0.39, 0.29) is 6.54 Å². The van der Waals surface area contributed by atoms with Crippen LogP contribution in [0, 0.1) is 0 Å². The fourth-order valence-corrected chi connectivity index (χ4v) is 0.840. The van der Waals surface area contributed by atoms with Gasteiger partial charge in [-0.1, -0.05) is 0 Å². The van der Waals surface area contributed by atoms with Gasteiger partial charge in [0, 0.05) is 12.1 Å². The maximum atomic E-state index is 11.1. The quantitative estimate of drug-likeness (QED) is 0.551. The summed E-state index contributed by atoms with van der Waals surface area (Å²) in [5.74, 6) is -0.698. The van der Waals surface area contributed by atoms with Crippen molar-refractivity contribution in [1.82, 2.24) is 5.32 Å². The molecule has 2 unspecified atom stereocenters. The molecule has 0 heterocycles. The van der Waals surface area contributed by atoms with Gasteiger partial charge in [-0.3, -0.25) is 0 Å². The molecule has 0 aliphatic heterocycles. The van der Waals surface area contributed by atoms with E-state index in [0.717, 1.165) is 0 Å². The van der Waals surface area contributed by atoms with Gasteiger partial charge in [0.2, 0.25) is 0 Å². The lowest BCUT2D eigenvalue weighted by Gasteiger charge is -2.32. The van der Waals surface area contributed by atoms with Gasteiger partial charge in [-0.05, 0) is 27.7 Å². The van der Waals surface area contributed by atoms with Gasteiger partial charge < -0.3 is 20.3 Å². The number of carbonyl (C=O) groups is 1. The van der Waals surface area contributed by atoms with Gasteiger partial charge in [0.05, 0.1) is 13.2 Å². The summed E-state index contributed by atoms with van der Waals surface area (Å²) in [6, 6.07) is 0. The molecule has 0 spiro atoms. The molecule has 0 aromatic heterocycles. The molecule has 5 heteroatoms. The SMILES string of the molecule is COC(=O)C(C)(O)CNC(C)(C)C(C)O. The van der Waals surface area contributed by atoms with Gasteiger partial charge in [0.25, 0.3) is 0 Å². The van der Waals surface area contributed by atoms with Crippen molar-refractivity contribution in [3.8, 4) is 0 Å². The molecule has 0 saturated carbocycles. The highest BCUT2D eigenvalue weighted by Crippen LogP contribution is 2.11. The first-order chi connectivity index (χ1) is 6.63. The predicted octanol–water partition coefficient (Wildman–Crippen LogP) is -0.341. The number of rotatable bonds is 5. The molecule has 0 aliphatic rings. The second-order valence-corrected chi connectivity index (χ2v) is 4.52. The number of β-amino-alcohol motifs (C(OH)–C–C–N with tert-alkyl or cyclic N) is 1. The second kappa shape index (κ2) is 4.92. The third-order valence-electron chi connectivity index (χ3n) is 2.56. The zero-order valence-corrected chi connectivity index (χ0v) is 10.00. The zero-order chi connectivity index (χ0) is 12.3. The molecule has 90 valence electrons. The first-order valence-corrected chi connectivity index (χ1v) is 4.87. The summed E-state index contributed by atoms with van der Waals surface area (Å²) in [6.45, 7) is 6.59. The summed E-state index contributed by atoms with van der Waals surface area (Å²) < 4.78 is 4.45. The summed E-state index contributed by atoms with van der Waals surface area (Å²) >= 11 is 0. The molecule has 15 heavy (non-hydrogen) atoms. The lowest BCUT2D eigenvalue weighted by Crippen LogP contribution is -2.55. The minimum Gasteiger partial charge on any atom is -0.467 e. The van der Waals surface area contributed by atoms with Gasteiger partial charge in [-0.2, -0.15) is 0 Å². The Morgan fingerprint density at radius 3 is 2.27 bits per heavy atom. The summed E-state index contributed by atoms with van der Waals surface area (Å²) in [6.07, 6.45) is -0.592. The van der Waals surface area contributed by atoms with Crippen LogP contribution < -0.4 is 5.32 Å². The molecule has 0 aliphatic carbocycles. The lowest BCUT2D eigenvalue weighted by molar-refractivity contribution is -0.160. The Hall–Kier alpha value is -0.650. The summed E-state index contributed by atoms with van der Waals surface area (Å²) in [7, 11) is 1.22. The molecular formula is C10H21NO4. The van der Waals surface area contributed by atoms with Crippen LogP contribution in [-0.4, -0.2) is 47.1 Å². The molecule has 0 rings (SSSR count). The van der Waals surface area contributed by atoms with E-state index in [0.29, 0.717) is 0 Å². The smallest absolute Gasteiger partial charge is 0.338 e. The average molecular weight is 219 g/mol. The highest BCUT2D eigenvalue weighted by molar-refractivity contribution is 5.78. The summed E-state index contributed by atoms with van der Waals surface area (Å²) in [5.41, 5.74) is -2.15. The first kappa shape index (κ1) is 14.3. The van der Waals surface area contributed by atoms with Crippen LogP contribution in [0.4, 0.5) is 0 Å². The van der Waals surface area contributed by atoms with Gasteiger partial charge in [0.15, 0.2) is 5.60 Å². The van der Waals surface area contributed by atoms with E-state index in [1.54, 1.807) is 20.8 Å². The average Bonchev–Trinajstić information content (AvgIpc) is 2.13. The molecule has 0 aromatic rings. The van der Waals surface area contributed by atoms with Crippen molar-refractivity contribution < 1.29 is 19.7 Å². The Labute approximate surface area is 90.4 Å². The van der Waals surface area contributed by atoms with E-state index in [4.69, 9.17) is 0 Å². The highest BCUT2D eigenvalue weighted by Gasteiger charge is 2.34. The fourth-order valence-electron chi connectivity index (χ4n) is 0.840. The number of hydrogen-bond donors (Lipinski definition) is 3. The van der Waals surface area contributed by atoms with Crippen molar-refractivity contribution >= 4 is 5.97 Å². The van der Waals surface area contributed by atoms with Crippen LogP contribution in [0.15, 0.2) is 0 Å². The minimum absolute atomic E-state index is 0.0254. The molecule has 0 fully saturated rings. The fraction of sp³-hybridized carbons (Fsp3) is 0.900. The van der Waals surface area contributed by atoms with Crippen LogP contribution in [0.1, 0.15) is 27.7 Å². The molecule has 0 saturated heterocycles. The van der Waals surface area contributed by atoms with Gasteiger partial charge in [-0.25, -0.2) is 4.79 Å². The zero-order valence-electron chi connectivity index (χ0n) is 10.00. The van der Waals surface area contributed by atoms with Crippen molar-refractivity contribution in [3.05, 3.63) is 0 Å². The van der Waals surface area contributed by atoms with E-state index < -0.39 is 23.2 Å². The van der Waals surface area contributed by atoms with Crippen molar-refractivity contribution in [2.75, 3.05) is 13.7 Å². The molecule has 2 atom stereocenters. The van der Waals surface area contributed by atoms with Crippen LogP contribution in [0.2, 0.25) is 0 Å². The number of methoxy groups -OCH3 is 1. The Bertz CT molecular complexity index is 223. The largest absolute Gasteiger partial charge is 0.467 e. The van der Waals surface area contributed by atoms with Gasteiger partial charge in [0.1, 0.15) is 0 Å². The van der Waals surface area contributed by atoms with Crippen LogP contribution in [0.25, 0.3) is 0 Å². The number of carbonyl (C=O) groups excluding carboxylic acids is 1. The molecule has 0 amide bonds. The van der Waals surface area contributed by atoms with Crippen molar-refractivity contribution in [2.45, 2.75) is 44.9 Å². The normalized spacial score (nSPS) is 18.1. The first-order valence-electron chi connectivity index (χ1n) is 4.87. The number of aliphatic hydroxyl groups excluding tert-OH is 1. The Morgan fingerprint density at radius 2 is 1.93 bits per heavy atom. The third kappa shape index (κ3) is 4.15. The highest BCUT2D eigenvalue weighted by atomic mass is 16.5. The Balaban J connectivity index is 4.32. The standard InChI is InChI=1S/C10H21NO4/c1-7(12)9(2,3)11-6-10(4,14)8(13)15-5/h7,11-12,14H,6H2,1-5H3. The number of hydrogen-bond acceptors (Lipinski definition) is 5. The number of nitrogens with one attached hydrogen (secondary N) is 1. The molecule has 5 nitrogen and oxygen atoms in total. The van der Waals surface area contributed by atoms with Crippen molar-refractivity contribution in [1.29, 1.82) is 0 Å². The van der Waals surface area contributed by atoms with Gasteiger partial charge in [-0.15, -0.1) is 0 Å². The van der Waals surface area contributed by atoms with Crippen LogP contribution in [0.5, 0.6) is 0 Å². The van der Waals surface area contributed by atoms with E-state index in [2.05, 4.69) is 10.1 Å². The van der Waals surface area contributed by atoms with Gasteiger partial charge >= 0.3 is 5.97 Å². The van der Waals surface area contributed by atoms with Crippen LogP contribution >= 0.6 is 0 Å². The summed E-state index contributed by atoms with van der Waals surface area (Å²) in [4.78, 5) is 11.1. The number of aliphatic hydroxyl groups is 2. The maximum absolute atomic E-state index is 11.1. The van der Waals surface area contributed by atoms with Crippen molar-refractivity contribution in [3.63, 3.8) is 0 Å². The molecule has 0 aromatic carbocycles. The Kier molecular flexibility index (Phi) is 4.70. The van der Waals surface area contributed by atoms with E-state index in [9.17, 15) is 15.0 Å². The van der Waals surface area contributed by atoms with E-state index in [1.165, 1.54) is 14.0 Å². The van der Waals surface area contributed by atoms with Crippen LogP contribution in [0.3, 0.4) is 0 Å². The maximum Gasteiger partial charge on any atom is 0.338 e. The second-order valence-electron chi connectivity index (χ2n) is 4.52. The van der Waals surface area contributed by atoms with E-state index in [1.807, 2.05) is 0 Å². The Morgan fingerprint density at radius 1 is 1.47 bits per heavy atom.